The molecule has 1 N–H and O–H groups in total. The number of aryl methyl sites for hydroxylation is 1. The van der Waals surface area contributed by atoms with Crippen LogP contribution in [-0.2, 0) is 16.1 Å². The fraction of sp³-hybridized carbons (Fsp3) is 0.308. The Bertz CT molecular complexity index is 619. The van der Waals surface area contributed by atoms with Crippen molar-refractivity contribution in [2.24, 2.45) is 0 Å². The van der Waals surface area contributed by atoms with Crippen LogP contribution in [0.4, 0.5) is 5.95 Å². The number of fused-ring (bicyclic) bond motifs is 1. The van der Waals surface area contributed by atoms with Crippen LogP contribution in [0.25, 0.3) is 11.0 Å². The summed E-state index contributed by atoms with van der Waals surface area (Å²) < 4.78 is 1.86. The molecule has 0 bridgehead atoms. The summed E-state index contributed by atoms with van der Waals surface area (Å²) in [5.74, 6) is -1.67. The second-order valence-corrected chi connectivity index (χ2v) is 4.17. The zero-order valence-electron chi connectivity index (χ0n) is 10.5. The Morgan fingerprint density at radius 3 is 2.79 bits per heavy atom. The Morgan fingerprint density at radius 2 is 2.11 bits per heavy atom. The minimum absolute atomic E-state index is 0.370. The number of carboxylic acid groups (broad SMARTS) is 1. The van der Waals surface area contributed by atoms with Gasteiger partial charge in [-0.15, -0.1) is 0 Å². The highest BCUT2D eigenvalue weighted by molar-refractivity contribution is 6.00. The summed E-state index contributed by atoms with van der Waals surface area (Å²) in [5, 5.41) is 12.9. The molecule has 0 unspecified atom stereocenters. The molecule has 0 atom stereocenters. The van der Waals surface area contributed by atoms with Gasteiger partial charge < -0.3 is 14.5 Å². The van der Waals surface area contributed by atoms with Crippen LogP contribution in [-0.4, -0.2) is 21.4 Å². The Labute approximate surface area is 110 Å². The Balaban J connectivity index is 2.33. The van der Waals surface area contributed by atoms with Crippen LogP contribution in [0.1, 0.15) is 19.8 Å². The number of hydrogen-bond acceptors (Lipinski definition) is 4. The van der Waals surface area contributed by atoms with E-state index in [4.69, 9.17) is 0 Å². The monoisotopic (exact) mass is 260 g/mol. The smallest absolute Gasteiger partial charge is 0.232 e. The summed E-state index contributed by atoms with van der Waals surface area (Å²) in [5.41, 5.74) is 1.67. The maximum Gasteiger partial charge on any atom is 0.232 e. The van der Waals surface area contributed by atoms with Crippen LogP contribution in [0.5, 0.6) is 0 Å². The highest BCUT2D eigenvalue weighted by Gasteiger charge is 2.12. The van der Waals surface area contributed by atoms with E-state index in [1.165, 1.54) is 0 Å². The molecule has 2 aromatic rings. The third-order valence-corrected chi connectivity index (χ3v) is 2.66. The lowest BCUT2D eigenvalue weighted by Gasteiger charge is -2.09. The van der Waals surface area contributed by atoms with E-state index in [9.17, 15) is 14.7 Å². The molecular weight excluding hydrogens is 246 g/mol. The summed E-state index contributed by atoms with van der Waals surface area (Å²) in [7, 11) is 0. The predicted molar refractivity (Wildman–Crippen MR) is 68.3 cm³/mol. The number of hydrogen-bond donors (Lipinski definition) is 1. The maximum absolute atomic E-state index is 11.5. The SMILES string of the molecule is CCCn1c(NC(=O)CC(=O)[O-])nc2ccccc21. The number of carboxylic acids is 1. The molecule has 0 radical (unpaired) electrons. The van der Waals surface area contributed by atoms with Crippen LogP contribution in [0, 0.1) is 0 Å². The first kappa shape index (κ1) is 13.1. The lowest BCUT2D eigenvalue weighted by molar-refractivity contribution is -0.304. The Morgan fingerprint density at radius 1 is 1.37 bits per heavy atom. The number of nitrogens with zero attached hydrogens (tertiary/aromatic N) is 2. The van der Waals surface area contributed by atoms with Gasteiger partial charge in [0.2, 0.25) is 11.9 Å². The molecule has 1 amide bonds. The van der Waals surface area contributed by atoms with Gasteiger partial charge in [-0.2, -0.15) is 0 Å². The van der Waals surface area contributed by atoms with Crippen molar-refractivity contribution < 1.29 is 14.7 Å². The first-order chi connectivity index (χ1) is 9.11. The number of carbonyl (C=O) groups excluding carboxylic acids is 2. The van der Waals surface area contributed by atoms with E-state index >= 15 is 0 Å². The molecule has 6 heteroatoms. The molecule has 19 heavy (non-hydrogen) atoms. The molecule has 100 valence electrons. The van der Waals surface area contributed by atoms with Crippen LogP contribution in [0.2, 0.25) is 0 Å². The molecule has 0 fully saturated rings. The van der Waals surface area contributed by atoms with E-state index < -0.39 is 18.3 Å². The number of benzene rings is 1. The van der Waals surface area contributed by atoms with Gasteiger partial charge in [0.1, 0.15) is 0 Å². The van der Waals surface area contributed by atoms with Crippen molar-refractivity contribution in [3.63, 3.8) is 0 Å². The molecule has 0 aliphatic heterocycles. The molecular formula is C13H14N3O3-. The lowest BCUT2D eigenvalue weighted by atomic mass is 10.3. The zero-order chi connectivity index (χ0) is 13.8. The molecule has 6 nitrogen and oxygen atoms in total. The van der Waals surface area contributed by atoms with Gasteiger partial charge in [-0.1, -0.05) is 19.1 Å². The number of aromatic nitrogens is 2. The highest BCUT2D eigenvalue weighted by Crippen LogP contribution is 2.20. The number of nitrogens with one attached hydrogen (secondary N) is 1. The molecule has 0 saturated carbocycles. The molecule has 1 heterocycles. The Kier molecular flexibility index (Phi) is 3.79. The number of imidazole rings is 1. The van der Waals surface area contributed by atoms with E-state index in [0.29, 0.717) is 12.5 Å². The summed E-state index contributed by atoms with van der Waals surface area (Å²) in [6.45, 7) is 2.71. The first-order valence-electron chi connectivity index (χ1n) is 6.06. The number of anilines is 1. The number of rotatable bonds is 5. The molecule has 1 aromatic heterocycles. The number of amides is 1. The van der Waals surface area contributed by atoms with Crippen molar-refractivity contribution in [1.29, 1.82) is 0 Å². The molecule has 0 saturated heterocycles. The van der Waals surface area contributed by atoms with Gasteiger partial charge >= 0.3 is 0 Å². The van der Waals surface area contributed by atoms with Crippen molar-refractivity contribution in [2.45, 2.75) is 26.3 Å². The van der Waals surface area contributed by atoms with Gasteiger partial charge in [0.25, 0.3) is 0 Å². The minimum Gasteiger partial charge on any atom is -0.550 e. The van der Waals surface area contributed by atoms with Crippen LogP contribution >= 0.6 is 0 Å². The van der Waals surface area contributed by atoms with Gasteiger partial charge in [-0.25, -0.2) is 4.98 Å². The van der Waals surface area contributed by atoms with Gasteiger partial charge in [0.15, 0.2) is 0 Å². The minimum atomic E-state index is -1.41. The van der Waals surface area contributed by atoms with Gasteiger partial charge in [-0.3, -0.25) is 10.1 Å². The molecule has 0 aliphatic carbocycles. The van der Waals surface area contributed by atoms with E-state index in [1.54, 1.807) is 0 Å². The van der Waals surface area contributed by atoms with Crippen molar-refractivity contribution in [2.75, 3.05) is 5.32 Å². The second kappa shape index (κ2) is 5.51. The van der Waals surface area contributed by atoms with Crippen molar-refractivity contribution in [3.05, 3.63) is 24.3 Å². The second-order valence-electron chi connectivity index (χ2n) is 4.17. The summed E-state index contributed by atoms with van der Waals surface area (Å²) in [6.07, 6.45) is 0.207. The average Bonchev–Trinajstić information content (AvgIpc) is 2.67. The number of aliphatic carboxylic acids is 1. The maximum atomic E-state index is 11.5. The normalized spacial score (nSPS) is 10.6. The van der Waals surface area contributed by atoms with Crippen molar-refractivity contribution >= 4 is 28.9 Å². The van der Waals surface area contributed by atoms with Gasteiger partial charge in [0.05, 0.1) is 23.4 Å². The topological polar surface area (TPSA) is 87.0 Å². The highest BCUT2D eigenvalue weighted by atomic mass is 16.4. The number of carbonyl (C=O) groups is 2. The summed E-state index contributed by atoms with van der Waals surface area (Å²) in [6, 6.07) is 7.50. The molecule has 2 rings (SSSR count). The van der Waals surface area contributed by atoms with Crippen molar-refractivity contribution in [3.8, 4) is 0 Å². The third-order valence-electron chi connectivity index (χ3n) is 2.66. The lowest BCUT2D eigenvalue weighted by Crippen LogP contribution is -2.28. The quantitative estimate of drug-likeness (QED) is 0.794. The summed E-state index contributed by atoms with van der Waals surface area (Å²) in [4.78, 5) is 26.2. The molecule has 0 spiro atoms. The van der Waals surface area contributed by atoms with E-state index in [1.807, 2.05) is 35.8 Å². The Hall–Kier alpha value is -2.37. The van der Waals surface area contributed by atoms with E-state index in [2.05, 4.69) is 10.3 Å². The van der Waals surface area contributed by atoms with Crippen LogP contribution < -0.4 is 10.4 Å². The fourth-order valence-electron chi connectivity index (χ4n) is 1.92. The average molecular weight is 260 g/mol. The number of para-hydroxylation sites is 2. The third kappa shape index (κ3) is 2.90. The van der Waals surface area contributed by atoms with Crippen LogP contribution in [0.15, 0.2) is 24.3 Å². The van der Waals surface area contributed by atoms with E-state index in [-0.39, 0.29) is 0 Å². The zero-order valence-corrected chi connectivity index (χ0v) is 10.5. The first-order valence-corrected chi connectivity index (χ1v) is 6.06. The van der Waals surface area contributed by atoms with Gasteiger partial charge in [-0.05, 0) is 18.6 Å². The standard InChI is InChI=1S/C13H15N3O3/c1-2-7-16-10-6-4-3-5-9(10)14-13(16)15-11(17)8-12(18)19/h3-6H,2,7-8H2,1H3,(H,18,19)(H,14,15,17)/p-1. The molecule has 0 aliphatic rings. The van der Waals surface area contributed by atoms with E-state index in [0.717, 1.165) is 17.5 Å². The van der Waals surface area contributed by atoms with Gasteiger partial charge in [0, 0.05) is 6.54 Å². The summed E-state index contributed by atoms with van der Waals surface area (Å²) >= 11 is 0. The van der Waals surface area contributed by atoms with Crippen LogP contribution in [0.3, 0.4) is 0 Å². The molecule has 1 aromatic carbocycles. The predicted octanol–water partition coefficient (Wildman–Crippen LogP) is 0.525. The van der Waals surface area contributed by atoms with Crippen molar-refractivity contribution in [1.82, 2.24) is 9.55 Å². The largest absolute Gasteiger partial charge is 0.550 e. The fourth-order valence-corrected chi connectivity index (χ4v) is 1.92.